The molecule has 1 aliphatic rings. The van der Waals surface area contributed by atoms with Crippen LogP contribution in [0.1, 0.15) is 35.0 Å². The fourth-order valence-electron chi connectivity index (χ4n) is 2.99. The molecule has 25 heavy (non-hydrogen) atoms. The van der Waals surface area contributed by atoms with Crippen LogP contribution in [0.4, 0.5) is 5.69 Å². The Labute approximate surface area is 144 Å². The van der Waals surface area contributed by atoms with Gasteiger partial charge in [0.05, 0.1) is 11.9 Å². The van der Waals surface area contributed by atoms with Crippen LogP contribution in [0, 0.1) is 0 Å². The number of amides is 1. The van der Waals surface area contributed by atoms with E-state index in [-0.39, 0.29) is 11.8 Å². The van der Waals surface area contributed by atoms with Crippen molar-refractivity contribution in [1.82, 2.24) is 25.1 Å². The van der Waals surface area contributed by atoms with E-state index in [1.165, 1.54) is 6.39 Å². The summed E-state index contributed by atoms with van der Waals surface area (Å²) in [4.78, 5) is 21.0. The fourth-order valence-corrected chi connectivity index (χ4v) is 2.99. The number of carbonyl (C=O) groups excluding carboxylic acids is 1. The summed E-state index contributed by atoms with van der Waals surface area (Å²) in [6.07, 6.45) is 8.31. The second-order valence-corrected chi connectivity index (χ2v) is 5.90. The molecule has 0 saturated carbocycles. The van der Waals surface area contributed by atoms with Crippen molar-refractivity contribution in [3.63, 3.8) is 0 Å². The number of rotatable bonds is 4. The number of nitrogens with one attached hydrogen (secondary N) is 2. The minimum Gasteiger partial charge on any atom is -0.447 e. The lowest BCUT2D eigenvalue weighted by Gasteiger charge is -2.21. The lowest BCUT2D eigenvalue weighted by molar-refractivity contribution is 0.102. The minimum absolute atomic E-state index is 0.227. The first-order chi connectivity index (χ1) is 12.3. The summed E-state index contributed by atoms with van der Waals surface area (Å²) in [5.41, 5.74) is 0.947. The molecule has 0 bridgehead atoms. The molecule has 0 radical (unpaired) electrons. The Morgan fingerprint density at radius 2 is 2.16 bits per heavy atom. The third-order valence-corrected chi connectivity index (χ3v) is 4.26. The third kappa shape index (κ3) is 3.29. The molecular formula is C17H18N6O2. The van der Waals surface area contributed by atoms with Gasteiger partial charge in [0.25, 0.3) is 5.91 Å². The van der Waals surface area contributed by atoms with Crippen LogP contribution in [-0.4, -0.2) is 38.7 Å². The van der Waals surface area contributed by atoms with E-state index in [9.17, 15) is 4.79 Å². The monoisotopic (exact) mass is 338 g/mol. The van der Waals surface area contributed by atoms with Crippen molar-refractivity contribution in [1.29, 1.82) is 0 Å². The zero-order valence-electron chi connectivity index (χ0n) is 13.6. The van der Waals surface area contributed by atoms with Crippen molar-refractivity contribution in [3.05, 3.63) is 54.6 Å². The highest BCUT2D eigenvalue weighted by Gasteiger charge is 2.26. The number of hydrogen-bond acceptors (Lipinski definition) is 6. The van der Waals surface area contributed by atoms with Crippen LogP contribution in [0.2, 0.25) is 0 Å². The van der Waals surface area contributed by atoms with Crippen LogP contribution < -0.4 is 10.6 Å². The number of oxazole rings is 1. The Morgan fingerprint density at radius 3 is 2.88 bits per heavy atom. The van der Waals surface area contributed by atoms with Crippen LogP contribution in [0.3, 0.4) is 0 Å². The first kappa shape index (κ1) is 15.5. The molecule has 4 rings (SSSR count). The molecule has 0 aliphatic carbocycles. The van der Waals surface area contributed by atoms with Gasteiger partial charge in [-0.3, -0.25) is 4.79 Å². The number of pyridine rings is 1. The first-order valence-electron chi connectivity index (χ1n) is 8.23. The molecule has 0 aromatic carbocycles. The Morgan fingerprint density at radius 1 is 1.28 bits per heavy atom. The smallest absolute Gasteiger partial charge is 0.277 e. The fraction of sp³-hybridized carbons (Fsp3) is 0.294. The zero-order valence-corrected chi connectivity index (χ0v) is 13.6. The summed E-state index contributed by atoms with van der Waals surface area (Å²) < 4.78 is 7.16. The van der Waals surface area contributed by atoms with Crippen LogP contribution >= 0.6 is 0 Å². The lowest BCUT2D eigenvalue weighted by Crippen LogP contribution is -2.27. The molecule has 0 unspecified atom stereocenters. The van der Waals surface area contributed by atoms with E-state index in [1.807, 2.05) is 6.07 Å². The van der Waals surface area contributed by atoms with Crippen molar-refractivity contribution >= 4 is 11.6 Å². The largest absolute Gasteiger partial charge is 0.447 e. The molecule has 4 heterocycles. The second-order valence-electron chi connectivity index (χ2n) is 5.90. The normalized spacial score (nSPS) is 15.2. The predicted octanol–water partition coefficient (Wildman–Crippen LogP) is 1.97. The number of carbonyl (C=O) groups is 1. The predicted molar refractivity (Wildman–Crippen MR) is 90.7 cm³/mol. The molecule has 128 valence electrons. The zero-order chi connectivity index (χ0) is 17.1. The van der Waals surface area contributed by atoms with Gasteiger partial charge in [0.15, 0.2) is 17.9 Å². The molecule has 1 saturated heterocycles. The van der Waals surface area contributed by atoms with E-state index in [2.05, 4.69) is 25.7 Å². The van der Waals surface area contributed by atoms with E-state index < -0.39 is 0 Å². The highest BCUT2D eigenvalue weighted by molar-refractivity contribution is 6.03. The molecule has 3 aromatic heterocycles. The molecule has 0 atom stereocenters. The summed E-state index contributed by atoms with van der Waals surface area (Å²) in [6.45, 7) is 1.84. The summed E-state index contributed by atoms with van der Waals surface area (Å²) in [5.74, 6) is 1.29. The molecule has 1 aliphatic heterocycles. The van der Waals surface area contributed by atoms with E-state index in [0.29, 0.717) is 23.0 Å². The summed E-state index contributed by atoms with van der Waals surface area (Å²) in [7, 11) is 0. The van der Waals surface area contributed by atoms with Crippen LogP contribution in [0.5, 0.6) is 0 Å². The van der Waals surface area contributed by atoms with E-state index in [0.717, 1.165) is 25.9 Å². The Bertz CT molecular complexity index is 834. The first-order valence-corrected chi connectivity index (χ1v) is 8.23. The van der Waals surface area contributed by atoms with Gasteiger partial charge in [-0.1, -0.05) is 0 Å². The molecule has 1 fully saturated rings. The maximum Gasteiger partial charge on any atom is 0.277 e. The van der Waals surface area contributed by atoms with Gasteiger partial charge in [-0.2, -0.15) is 5.10 Å². The van der Waals surface area contributed by atoms with E-state index >= 15 is 0 Å². The Hall–Kier alpha value is -3.00. The van der Waals surface area contributed by atoms with Gasteiger partial charge in [0, 0.05) is 18.3 Å². The lowest BCUT2D eigenvalue weighted by atomic mass is 9.94. The van der Waals surface area contributed by atoms with Gasteiger partial charge in [0.1, 0.15) is 5.76 Å². The third-order valence-electron chi connectivity index (χ3n) is 4.26. The summed E-state index contributed by atoms with van der Waals surface area (Å²) >= 11 is 0. The van der Waals surface area contributed by atoms with Gasteiger partial charge < -0.3 is 15.1 Å². The van der Waals surface area contributed by atoms with Gasteiger partial charge in [-0.05, 0) is 44.1 Å². The molecule has 8 nitrogen and oxygen atoms in total. The van der Waals surface area contributed by atoms with Crippen molar-refractivity contribution in [2.24, 2.45) is 0 Å². The van der Waals surface area contributed by atoms with Gasteiger partial charge in [-0.15, -0.1) is 0 Å². The van der Waals surface area contributed by atoms with Crippen molar-refractivity contribution in [2.45, 2.75) is 18.8 Å². The maximum absolute atomic E-state index is 12.6. The standard InChI is InChI=1S/C17H18N6O2/c24-17(15-16(25-11-20-15)12-4-7-18-8-5-12)22-13-2-3-14(19-10-13)23-9-1-6-21-23/h1-3,6,9-12,18H,4-5,7-8H2,(H,22,24). The number of aromatic nitrogens is 4. The maximum atomic E-state index is 12.6. The minimum atomic E-state index is -0.282. The molecule has 8 heteroatoms. The quantitative estimate of drug-likeness (QED) is 0.755. The Kier molecular flexibility index (Phi) is 4.26. The topological polar surface area (TPSA) is 97.9 Å². The summed E-state index contributed by atoms with van der Waals surface area (Å²) in [6, 6.07) is 5.40. The summed E-state index contributed by atoms with van der Waals surface area (Å²) in [5, 5.41) is 10.3. The van der Waals surface area contributed by atoms with Gasteiger partial charge in [0.2, 0.25) is 0 Å². The highest BCUT2D eigenvalue weighted by Crippen LogP contribution is 2.28. The molecular weight excluding hydrogens is 320 g/mol. The van der Waals surface area contributed by atoms with Crippen molar-refractivity contribution < 1.29 is 9.21 Å². The van der Waals surface area contributed by atoms with Crippen molar-refractivity contribution in [2.75, 3.05) is 18.4 Å². The van der Waals surface area contributed by atoms with E-state index in [1.54, 1.807) is 35.4 Å². The Balaban J connectivity index is 1.48. The van der Waals surface area contributed by atoms with Crippen LogP contribution in [-0.2, 0) is 0 Å². The van der Waals surface area contributed by atoms with Crippen molar-refractivity contribution in [3.8, 4) is 5.82 Å². The highest BCUT2D eigenvalue weighted by atomic mass is 16.3. The van der Waals surface area contributed by atoms with Gasteiger partial charge in [-0.25, -0.2) is 14.6 Å². The molecule has 1 amide bonds. The molecule has 2 N–H and O–H groups in total. The van der Waals surface area contributed by atoms with Crippen LogP contribution in [0.25, 0.3) is 5.82 Å². The number of piperidine rings is 1. The number of anilines is 1. The number of hydrogen-bond donors (Lipinski definition) is 2. The van der Waals surface area contributed by atoms with Crippen LogP contribution in [0.15, 0.2) is 47.6 Å². The van der Waals surface area contributed by atoms with Gasteiger partial charge >= 0.3 is 0 Å². The second kappa shape index (κ2) is 6.86. The average molecular weight is 338 g/mol. The van der Waals surface area contributed by atoms with E-state index in [4.69, 9.17) is 4.42 Å². The molecule has 0 spiro atoms. The average Bonchev–Trinajstić information content (AvgIpc) is 3.35. The SMILES string of the molecule is O=C(Nc1ccc(-n2cccn2)nc1)c1ncoc1C1CCNCC1. The molecule has 3 aromatic rings. The number of nitrogens with zero attached hydrogens (tertiary/aromatic N) is 4.